The summed E-state index contributed by atoms with van der Waals surface area (Å²) in [5.41, 5.74) is -0.307. The molecule has 126 valence electrons. The maximum atomic E-state index is 12.2. The summed E-state index contributed by atoms with van der Waals surface area (Å²) in [7, 11) is 0. The third-order valence-corrected chi connectivity index (χ3v) is 5.38. The average molecular weight is 345 g/mol. The Hall–Kier alpha value is -2.28. The van der Waals surface area contributed by atoms with Crippen molar-refractivity contribution >= 4 is 23.4 Å². The molecule has 0 bridgehead atoms. The summed E-state index contributed by atoms with van der Waals surface area (Å²) in [6, 6.07) is 8.92. The standard InChI is InChI=1S/C17H19N3O3S/c21-15-9-10-20(17(23)19-15)11-16(22)18-13-7-3-4-8-14(13)24-12-5-1-2-6-12/h3-4,7-10,12H,1-2,5-6,11H2,(H,18,22)(H,19,21,23). The molecular weight excluding hydrogens is 326 g/mol. The smallest absolute Gasteiger partial charge is 0.324 e. The Morgan fingerprint density at radius 3 is 2.71 bits per heavy atom. The first-order valence-electron chi connectivity index (χ1n) is 7.97. The summed E-state index contributed by atoms with van der Waals surface area (Å²) in [6.45, 7) is -0.141. The van der Waals surface area contributed by atoms with Crippen molar-refractivity contribution in [3.05, 3.63) is 57.4 Å². The zero-order chi connectivity index (χ0) is 16.9. The number of nitrogens with one attached hydrogen (secondary N) is 2. The number of hydrogen-bond donors (Lipinski definition) is 2. The summed E-state index contributed by atoms with van der Waals surface area (Å²) in [5.74, 6) is -0.302. The van der Waals surface area contributed by atoms with Crippen LogP contribution in [0.15, 0.2) is 51.0 Å². The van der Waals surface area contributed by atoms with Crippen LogP contribution in [0.5, 0.6) is 0 Å². The number of anilines is 1. The summed E-state index contributed by atoms with van der Waals surface area (Å²) >= 11 is 1.80. The molecule has 0 unspecified atom stereocenters. The van der Waals surface area contributed by atoms with E-state index in [0.29, 0.717) is 5.25 Å². The Morgan fingerprint density at radius 1 is 1.21 bits per heavy atom. The van der Waals surface area contributed by atoms with Crippen LogP contribution in [-0.4, -0.2) is 20.7 Å². The molecule has 2 aromatic rings. The van der Waals surface area contributed by atoms with Gasteiger partial charge in [0.05, 0.1) is 5.69 Å². The number of aromatic nitrogens is 2. The number of amides is 1. The SMILES string of the molecule is O=C(Cn1ccc(=O)[nH]c1=O)Nc1ccccc1SC1CCCC1. The van der Waals surface area contributed by atoms with Crippen LogP contribution in [-0.2, 0) is 11.3 Å². The maximum absolute atomic E-state index is 12.2. The molecule has 1 fully saturated rings. The van der Waals surface area contributed by atoms with E-state index in [4.69, 9.17) is 0 Å². The molecule has 1 aliphatic carbocycles. The van der Waals surface area contributed by atoms with E-state index in [-0.39, 0.29) is 12.5 Å². The van der Waals surface area contributed by atoms with Crippen LogP contribution < -0.4 is 16.6 Å². The van der Waals surface area contributed by atoms with Crippen LogP contribution >= 0.6 is 11.8 Å². The molecule has 0 saturated heterocycles. The van der Waals surface area contributed by atoms with Gasteiger partial charge in [-0.05, 0) is 25.0 Å². The molecule has 1 heterocycles. The predicted molar refractivity (Wildman–Crippen MR) is 94.5 cm³/mol. The lowest BCUT2D eigenvalue weighted by molar-refractivity contribution is -0.116. The zero-order valence-electron chi connectivity index (χ0n) is 13.2. The van der Waals surface area contributed by atoms with Crippen molar-refractivity contribution in [3.8, 4) is 0 Å². The highest BCUT2D eigenvalue weighted by molar-refractivity contribution is 8.00. The molecule has 7 heteroatoms. The van der Waals surface area contributed by atoms with Gasteiger partial charge >= 0.3 is 5.69 Å². The highest BCUT2D eigenvalue weighted by atomic mass is 32.2. The zero-order valence-corrected chi connectivity index (χ0v) is 14.0. The van der Waals surface area contributed by atoms with E-state index in [1.165, 1.54) is 42.5 Å². The molecule has 0 aliphatic heterocycles. The van der Waals surface area contributed by atoms with Gasteiger partial charge in [-0.15, -0.1) is 11.8 Å². The average Bonchev–Trinajstić information content (AvgIpc) is 3.05. The molecule has 2 N–H and O–H groups in total. The van der Waals surface area contributed by atoms with Gasteiger partial charge in [0, 0.05) is 22.4 Å². The largest absolute Gasteiger partial charge is 0.328 e. The Labute approximate surface area is 143 Å². The Morgan fingerprint density at radius 2 is 1.96 bits per heavy atom. The number of carbonyl (C=O) groups excluding carboxylic acids is 1. The first-order chi connectivity index (χ1) is 11.6. The number of hydrogen-bond acceptors (Lipinski definition) is 4. The third kappa shape index (κ3) is 4.17. The quantitative estimate of drug-likeness (QED) is 0.870. The number of H-pyrrole nitrogens is 1. The Bertz CT molecular complexity index is 837. The summed E-state index contributed by atoms with van der Waals surface area (Å²) in [5, 5.41) is 3.47. The maximum Gasteiger partial charge on any atom is 0.328 e. The van der Waals surface area contributed by atoms with Gasteiger partial charge in [0.2, 0.25) is 5.91 Å². The van der Waals surface area contributed by atoms with Gasteiger partial charge in [0.15, 0.2) is 0 Å². The van der Waals surface area contributed by atoms with E-state index < -0.39 is 11.2 Å². The van der Waals surface area contributed by atoms with Gasteiger partial charge in [-0.2, -0.15) is 0 Å². The van der Waals surface area contributed by atoms with Gasteiger partial charge in [-0.25, -0.2) is 4.79 Å². The summed E-state index contributed by atoms with van der Waals surface area (Å²) in [4.78, 5) is 38.1. The van der Waals surface area contributed by atoms with Gasteiger partial charge in [-0.3, -0.25) is 19.1 Å². The molecule has 1 aliphatic rings. The second-order valence-electron chi connectivity index (χ2n) is 5.81. The fourth-order valence-electron chi connectivity index (χ4n) is 2.77. The molecule has 3 rings (SSSR count). The second kappa shape index (κ2) is 7.53. The number of benzene rings is 1. The molecule has 0 spiro atoms. The normalized spacial score (nSPS) is 14.7. The van der Waals surface area contributed by atoms with Crippen molar-refractivity contribution in [2.24, 2.45) is 0 Å². The molecule has 1 amide bonds. The van der Waals surface area contributed by atoms with Crippen LogP contribution in [0.1, 0.15) is 25.7 Å². The minimum Gasteiger partial charge on any atom is -0.324 e. The van der Waals surface area contributed by atoms with Crippen LogP contribution in [0.25, 0.3) is 0 Å². The first kappa shape index (κ1) is 16.6. The van der Waals surface area contributed by atoms with Gasteiger partial charge < -0.3 is 5.32 Å². The van der Waals surface area contributed by atoms with Gasteiger partial charge in [0.1, 0.15) is 6.54 Å². The van der Waals surface area contributed by atoms with Crippen LogP contribution in [0.4, 0.5) is 5.69 Å². The van der Waals surface area contributed by atoms with Crippen molar-refractivity contribution in [1.29, 1.82) is 0 Å². The lowest BCUT2D eigenvalue weighted by Crippen LogP contribution is -2.32. The monoisotopic (exact) mass is 345 g/mol. The fraction of sp³-hybridized carbons (Fsp3) is 0.353. The van der Waals surface area contributed by atoms with E-state index in [1.54, 1.807) is 11.8 Å². The molecule has 1 aromatic heterocycles. The molecule has 6 nitrogen and oxygen atoms in total. The van der Waals surface area contributed by atoms with E-state index in [0.717, 1.165) is 10.6 Å². The number of thioether (sulfide) groups is 1. The van der Waals surface area contributed by atoms with E-state index >= 15 is 0 Å². The van der Waals surface area contributed by atoms with Crippen molar-refractivity contribution in [1.82, 2.24) is 9.55 Å². The van der Waals surface area contributed by atoms with Gasteiger partial charge in [-0.1, -0.05) is 25.0 Å². The minimum absolute atomic E-state index is 0.141. The summed E-state index contributed by atoms with van der Waals surface area (Å²) < 4.78 is 1.17. The number of rotatable bonds is 5. The molecule has 1 saturated carbocycles. The lowest BCUT2D eigenvalue weighted by Gasteiger charge is -2.14. The minimum atomic E-state index is -0.591. The highest BCUT2D eigenvalue weighted by Crippen LogP contribution is 2.37. The number of nitrogens with zero attached hydrogens (tertiary/aromatic N) is 1. The van der Waals surface area contributed by atoms with Crippen LogP contribution in [0.3, 0.4) is 0 Å². The Kier molecular flexibility index (Phi) is 5.20. The predicted octanol–water partition coefficient (Wildman–Crippen LogP) is 2.21. The molecule has 24 heavy (non-hydrogen) atoms. The van der Waals surface area contributed by atoms with Crippen LogP contribution in [0, 0.1) is 0 Å². The highest BCUT2D eigenvalue weighted by Gasteiger charge is 2.18. The van der Waals surface area contributed by atoms with Crippen LogP contribution in [0.2, 0.25) is 0 Å². The fourth-order valence-corrected chi connectivity index (χ4v) is 4.10. The van der Waals surface area contributed by atoms with E-state index in [1.807, 2.05) is 24.3 Å². The number of carbonyl (C=O) groups is 1. The third-order valence-electron chi connectivity index (χ3n) is 3.97. The topological polar surface area (TPSA) is 84.0 Å². The lowest BCUT2D eigenvalue weighted by atomic mass is 10.3. The van der Waals surface area contributed by atoms with E-state index in [2.05, 4.69) is 10.3 Å². The molecule has 0 atom stereocenters. The first-order valence-corrected chi connectivity index (χ1v) is 8.85. The van der Waals surface area contributed by atoms with Crippen molar-refractivity contribution < 1.29 is 4.79 Å². The molecule has 0 radical (unpaired) electrons. The number of aromatic amines is 1. The van der Waals surface area contributed by atoms with Gasteiger partial charge in [0.25, 0.3) is 5.56 Å². The van der Waals surface area contributed by atoms with Crippen molar-refractivity contribution in [3.63, 3.8) is 0 Å². The molecule has 1 aromatic carbocycles. The second-order valence-corrected chi connectivity index (χ2v) is 7.15. The van der Waals surface area contributed by atoms with E-state index in [9.17, 15) is 14.4 Å². The molecular formula is C17H19N3O3S. The van der Waals surface area contributed by atoms with Crippen molar-refractivity contribution in [2.45, 2.75) is 42.4 Å². The Balaban J connectivity index is 1.69. The number of para-hydroxylation sites is 1. The van der Waals surface area contributed by atoms with Crippen molar-refractivity contribution in [2.75, 3.05) is 5.32 Å². The summed E-state index contributed by atoms with van der Waals surface area (Å²) in [6.07, 6.45) is 6.27.